The van der Waals surface area contributed by atoms with Crippen molar-refractivity contribution in [3.05, 3.63) is 29.8 Å². The van der Waals surface area contributed by atoms with Crippen molar-refractivity contribution < 1.29 is 13.5 Å². The van der Waals surface area contributed by atoms with Crippen molar-refractivity contribution in [2.75, 3.05) is 13.2 Å². The quantitative estimate of drug-likeness (QED) is 0.875. The predicted molar refractivity (Wildman–Crippen MR) is 62.5 cm³/mol. The molecule has 1 aliphatic heterocycles. The third kappa shape index (κ3) is 2.57. The van der Waals surface area contributed by atoms with Crippen LogP contribution in [0.5, 0.6) is 5.75 Å². The van der Waals surface area contributed by atoms with Gasteiger partial charge >= 0.3 is 0 Å². The van der Waals surface area contributed by atoms with Crippen LogP contribution in [-0.4, -0.2) is 19.2 Å². The molecule has 0 bridgehead atoms. The van der Waals surface area contributed by atoms with Crippen LogP contribution in [0.3, 0.4) is 0 Å². The van der Waals surface area contributed by atoms with Crippen molar-refractivity contribution in [2.24, 2.45) is 0 Å². The summed E-state index contributed by atoms with van der Waals surface area (Å²) in [5.41, 5.74) is 0.0559. The number of nitrogens with one attached hydrogen (secondary N) is 1. The molecular formula is C13H17F2NO. The Hall–Kier alpha value is -1.16. The average molecular weight is 241 g/mol. The Kier molecular flexibility index (Phi) is 3.62. The standard InChI is InChI=1S/C13H17F2NO/c1-2-17-11-7-5-10(6-8-11)13(14,15)12-4-3-9-16-12/h5-8,12,16H,2-4,9H2,1H3. The van der Waals surface area contributed by atoms with E-state index >= 15 is 0 Å². The SMILES string of the molecule is CCOc1ccc(C(F)(F)C2CCCN2)cc1. The van der Waals surface area contributed by atoms with E-state index in [2.05, 4.69) is 5.32 Å². The van der Waals surface area contributed by atoms with Crippen LogP contribution in [0.2, 0.25) is 0 Å². The van der Waals surface area contributed by atoms with E-state index in [0.29, 0.717) is 25.3 Å². The van der Waals surface area contributed by atoms with Crippen molar-refractivity contribution >= 4 is 0 Å². The van der Waals surface area contributed by atoms with Crippen molar-refractivity contribution in [2.45, 2.75) is 31.7 Å². The smallest absolute Gasteiger partial charge is 0.288 e. The molecule has 0 aliphatic carbocycles. The molecule has 4 heteroatoms. The Labute approximate surface area is 100.0 Å². The molecule has 1 atom stereocenters. The Morgan fingerprint density at radius 3 is 2.59 bits per heavy atom. The number of hydrogen-bond acceptors (Lipinski definition) is 2. The van der Waals surface area contributed by atoms with E-state index in [1.54, 1.807) is 12.1 Å². The summed E-state index contributed by atoms with van der Waals surface area (Å²) in [7, 11) is 0. The topological polar surface area (TPSA) is 21.3 Å². The van der Waals surface area contributed by atoms with Crippen LogP contribution < -0.4 is 10.1 Å². The molecule has 1 heterocycles. The van der Waals surface area contributed by atoms with Crippen LogP contribution in [-0.2, 0) is 5.92 Å². The lowest BCUT2D eigenvalue weighted by atomic mass is 10.00. The van der Waals surface area contributed by atoms with Gasteiger partial charge in [0.1, 0.15) is 5.75 Å². The molecule has 17 heavy (non-hydrogen) atoms. The molecule has 0 radical (unpaired) electrons. The maximum atomic E-state index is 14.1. The fraction of sp³-hybridized carbons (Fsp3) is 0.538. The summed E-state index contributed by atoms with van der Waals surface area (Å²) in [6.07, 6.45) is 1.34. The fourth-order valence-electron chi connectivity index (χ4n) is 2.14. The lowest BCUT2D eigenvalue weighted by Gasteiger charge is -2.23. The number of halogens is 2. The fourth-order valence-corrected chi connectivity index (χ4v) is 2.14. The molecule has 1 aromatic carbocycles. The highest BCUT2D eigenvalue weighted by molar-refractivity contribution is 5.30. The van der Waals surface area contributed by atoms with Crippen molar-refractivity contribution in [1.82, 2.24) is 5.32 Å². The van der Waals surface area contributed by atoms with Gasteiger partial charge in [-0.2, -0.15) is 8.78 Å². The predicted octanol–water partition coefficient (Wildman–Crippen LogP) is 2.93. The molecule has 1 aromatic rings. The van der Waals surface area contributed by atoms with Gasteiger partial charge in [-0.25, -0.2) is 0 Å². The van der Waals surface area contributed by atoms with Crippen LogP contribution in [0.4, 0.5) is 8.78 Å². The first-order valence-electron chi connectivity index (χ1n) is 5.99. The molecule has 0 saturated carbocycles. The maximum Gasteiger partial charge on any atom is 0.288 e. The number of ether oxygens (including phenoxy) is 1. The molecule has 2 rings (SSSR count). The summed E-state index contributed by atoms with van der Waals surface area (Å²) in [5, 5.41) is 2.85. The zero-order chi connectivity index (χ0) is 12.3. The minimum absolute atomic E-state index is 0.0559. The summed E-state index contributed by atoms with van der Waals surface area (Å²) < 4.78 is 33.4. The summed E-state index contributed by atoms with van der Waals surface area (Å²) in [5.74, 6) is -2.17. The highest BCUT2D eigenvalue weighted by Gasteiger charge is 2.42. The van der Waals surface area contributed by atoms with Gasteiger partial charge in [0.05, 0.1) is 12.6 Å². The lowest BCUT2D eigenvalue weighted by Crippen LogP contribution is -2.38. The van der Waals surface area contributed by atoms with Gasteiger partial charge in [-0.1, -0.05) is 0 Å². The molecule has 1 fully saturated rings. The van der Waals surface area contributed by atoms with Gasteiger partial charge in [0.15, 0.2) is 0 Å². The molecule has 1 aliphatic rings. The summed E-state index contributed by atoms with van der Waals surface area (Å²) in [4.78, 5) is 0. The molecule has 2 nitrogen and oxygen atoms in total. The Bertz CT molecular complexity index is 358. The highest BCUT2D eigenvalue weighted by Crippen LogP contribution is 2.36. The molecule has 1 N–H and O–H groups in total. The van der Waals surface area contributed by atoms with E-state index in [4.69, 9.17) is 4.74 Å². The highest BCUT2D eigenvalue weighted by atomic mass is 19.3. The monoisotopic (exact) mass is 241 g/mol. The van der Waals surface area contributed by atoms with E-state index in [9.17, 15) is 8.78 Å². The number of alkyl halides is 2. The van der Waals surface area contributed by atoms with Crippen LogP contribution >= 0.6 is 0 Å². The number of rotatable bonds is 4. The number of benzene rings is 1. The van der Waals surface area contributed by atoms with Crippen LogP contribution in [0.1, 0.15) is 25.3 Å². The van der Waals surface area contributed by atoms with Gasteiger partial charge in [-0.15, -0.1) is 0 Å². The van der Waals surface area contributed by atoms with E-state index in [-0.39, 0.29) is 5.56 Å². The average Bonchev–Trinajstić information content (AvgIpc) is 2.84. The molecule has 0 amide bonds. The van der Waals surface area contributed by atoms with E-state index in [1.165, 1.54) is 12.1 Å². The van der Waals surface area contributed by atoms with Gasteiger partial charge in [0, 0.05) is 5.56 Å². The molecule has 94 valence electrons. The third-order valence-corrected chi connectivity index (χ3v) is 3.05. The third-order valence-electron chi connectivity index (χ3n) is 3.05. The Morgan fingerprint density at radius 2 is 2.06 bits per heavy atom. The van der Waals surface area contributed by atoms with Crippen LogP contribution in [0.25, 0.3) is 0 Å². The van der Waals surface area contributed by atoms with Gasteiger partial charge in [0.25, 0.3) is 5.92 Å². The van der Waals surface area contributed by atoms with Gasteiger partial charge in [-0.05, 0) is 50.6 Å². The van der Waals surface area contributed by atoms with Gasteiger partial charge in [0.2, 0.25) is 0 Å². The van der Waals surface area contributed by atoms with E-state index < -0.39 is 12.0 Å². The first-order valence-corrected chi connectivity index (χ1v) is 5.99. The first-order chi connectivity index (χ1) is 8.14. The van der Waals surface area contributed by atoms with Crippen molar-refractivity contribution in [3.63, 3.8) is 0 Å². The Morgan fingerprint density at radius 1 is 1.35 bits per heavy atom. The minimum atomic E-state index is -2.80. The summed E-state index contributed by atoms with van der Waals surface area (Å²) >= 11 is 0. The summed E-state index contributed by atoms with van der Waals surface area (Å²) in [6, 6.07) is 5.36. The molecular weight excluding hydrogens is 224 g/mol. The van der Waals surface area contributed by atoms with E-state index in [1.807, 2.05) is 6.92 Å². The molecule has 0 spiro atoms. The normalized spacial score (nSPS) is 20.5. The van der Waals surface area contributed by atoms with Crippen molar-refractivity contribution in [3.8, 4) is 5.75 Å². The second-order valence-corrected chi connectivity index (χ2v) is 4.23. The summed E-state index contributed by atoms with van der Waals surface area (Å²) in [6.45, 7) is 3.09. The van der Waals surface area contributed by atoms with Crippen molar-refractivity contribution in [1.29, 1.82) is 0 Å². The molecule has 0 aromatic heterocycles. The minimum Gasteiger partial charge on any atom is -0.494 e. The molecule has 1 saturated heterocycles. The number of hydrogen-bond donors (Lipinski definition) is 1. The maximum absolute atomic E-state index is 14.1. The molecule has 1 unspecified atom stereocenters. The van der Waals surface area contributed by atoms with Gasteiger partial charge in [-0.3, -0.25) is 0 Å². The second kappa shape index (κ2) is 5.00. The zero-order valence-corrected chi connectivity index (χ0v) is 9.88. The second-order valence-electron chi connectivity index (χ2n) is 4.23. The Balaban J connectivity index is 2.14. The van der Waals surface area contributed by atoms with E-state index in [0.717, 1.165) is 6.42 Å². The van der Waals surface area contributed by atoms with Crippen LogP contribution in [0, 0.1) is 0 Å². The van der Waals surface area contributed by atoms with Crippen LogP contribution in [0.15, 0.2) is 24.3 Å². The van der Waals surface area contributed by atoms with Gasteiger partial charge < -0.3 is 10.1 Å². The lowest BCUT2D eigenvalue weighted by molar-refractivity contribution is -0.0376. The first kappa shape index (κ1) is 12.3. The zero-order valence-electron chi connectivity index (χ0n) is 9.88. The largest absolute Gasteiger partial charge is 0.494 e.